The highest BCUT2D eigenvalue weighted by Crippen LogP contribution is 2.27. The number of sulfonamides is 2. The van der Waals surface area contributed by atoms with Crippen molar-refractivity contribution in [2.45, 2.75) is 37.5 Å². The molecule has 11 heteroatoms. The maximum atomic E-state index is 13.2. The van der Waals surface area contributed by atoms with Crippen molar-refractivity contribution >= 4 is 54.6 Å². The van der Waals surface area contributed by atoms with Crippen LogP contribution in [0.4, 0.5) is 17.1 Å². The van der Waals surface area contributed by atoms with Crippen LogP contribution in [0.5, 0.6) is 0 Å². The highest BCUT2D eigenvalue weighted by Gasteiger charge is 2.21. The van der Waals surface area contributed by atoms with Crippen molar-refractivity contribution in [3.8, 4) is 0 Å². The van der Waals surface area contributed by atoms with Gasteiger partial charge in [-0.2, -0.15) is 0 Å². The van der Waals surface area contributed by atoms with Crippen LogP contribution >= 0.6 is 11.6 Å². The van der Waals surface area contributed by atoms with Gasteiger partial charge in [0.1, 0.15) is 0 Å². The highest BCUT2D eigenvalue weighted by molar-refractivity contribution is 7.93. The Morgan fingerprint density at radius 1 is 0.700 bits per heavy atom. The lowest BCUT2D eigenvalue weighted by atomic mass is 10.1. The maximum absolute atomic E-state index is 13.2. The van der Waals surface area contributed by atoms with Crippen molar-refractivity contribution in [1.82, 2.24) is 0 Å². The summed E-state index contributed by atoms with van der Waals surface area (Å²) in [5.74, 6) is -0.550. The Bertz CT molecular complexity index is 1820. The van der Waals surface area contributed by atoms with E-state index in [-0.39, 0.29) is 15.4 Å². The van der Waals surface area contributed by atoms with E-state index in [0.29, 0.717) is 33.2 Å². The molecule has 0 atom stereocenters. The quantitative estimate of drug-likeness (QED) is 0.216. The zero-order valence-electron chi connectivity index (χ0n) is 22.2. The maximum Gasteiger partial charge on any atom is 0.262 e. The van der Waals surface area contributed by atoms with E-state index >= 15 is 0 Å². The molecule has 0 aromatic heterocycles. The number of carbonyl (C=O) groups is 1. The SMILES string of the molecule is Cc1ccc(NS(=O)(=O)c2cc(C(=O)Nc3ccc(S(=O)(=O)Nc4cccc(Cl)c4C)cc3)ccc2C)c(C)c1. The van der Waals surface area contributed by atoms with Gasteiger partial charge in [-0.3, -0.25) is 14.2 Å². The van der Waals surface area contributed by atoms with Gasteiger partial charge in [0, 0.05) is 16.3 Å². The van der Waals surface area contributed by atoms with Crippen molar-refractivity contribution in [3.63, 3.8) is 0 Å². The normalized spacial score (nSPS) is 11.6. The van der Waals surface area contributed by atoms with E-state index in [1.165, 1.54) is 36.4 Å². The smallest absolute Gasteiger partial charge is 0.262 e. The molecule has 208 valence electrons. The van der Waals surface area contributed by atoms with Crippen LogP contribution in [0, 0.1) is 27.7 Å². The standard InChI is InChI=1S/C29H28ClN3O5S2/c1-18-8-15-26(20(3)16-18)32-40(37,38)28-17-22(10-9-19(28)2)29(34)31-23-11-13-24(14-12-23)39(35,36)33-27-7-5-6-25(30)21(27)4/h5-17,32-33H,1-4H3,(H,31,34). The molecule has 0 fully saturated rings. The Kier molecular flexibility index (Phi) is 8.25. The molecule has 0 saturated heterocycles. The number of aryl methyl sites for hydroxylation is 3. The predicted molar refractivity (Wildman–Crippen MR) is 159 cm³/mol. The fourth-order valence-electron chi connectivity index (χ4n) is 4.00. The number of amides is 1. The number of benzene rings is 4. The first-order chi connectivity index (χ1) is 18.8. The second kappa shape index (κ2) is 11.3. The molecule has 3 N–H and O–H groups in total. The van der Waals surface area contributed by atoms with Gasteiger partial charge in [0.2, 0.25) is 0 Å². The Labute approximate surface area is 239 Å². The molecule has 4 aromatic rings. The largest absolute Gasteiger partial charge is 0.322 e. The summed E-state index contributed by atoms with van der Waals surface area (Å²) >= 11 is 6.09. The van der Waals surface area contributed by atoms with E-state index in [0.717, 1.165) is 11.1 Å². The second-order valence-electron chi connectivity index (χ2n) is 9.40. The van der Waals surface area contributed by atoms with Crippen molar-refractivity contribution in [2.75, 3.05) is 14.8 Å². The lowest BCUT2D eigenvalue weighted by molar-refractivity contribution is 0.102. The average Bonchev–Trinajstić information content (AvgIpc) is 2.89. The molecular formula is C29H28ClN3O5S2. The zero-order valence-corrected chi connectivity index (χ0v) is 24.6. The van der Waals surface area contributed by atoms with Crippen LogP contribution in [0.1, 0.15) is 32.6 Å². The fourth-order valence-corrected chi connectivity index (χ4v) is 6.70. The van der Waals surface area contributed by atoms with Gasteiger partial charge in [0.05, 0.1) is 21.2 Å². The van der Waals surface area contributed by atoms with Crippen molar-refractivity contribution in [3.05, 3.63) is 112 Å². The van der Waals surface area contributed by atoms with Gasteiger partial charge in [-0.05, 0) is 99.0 Å². The van der Waals surface area contributed by atoms with Crippen LogP contribution in [0.15, 0.2) is 88.7 Å². The van der Waals surface area contributed by atoms with Crippen LogP contribution < -0.4 is 14.8 Å². The van der Waals surface area contributed by atoms with E-state index < -0.39 is 26.0 Å². The monoisotopic (exact) mass is 597 g/mol. The molecule has 0 unspecified atom stereocenters. The summed E-state index contributed by atoms with van der Waals surface area (Å²) in [4.78, 5) is 12.9. The first-order valence-electron chi connectivity index (χ1n) is 12.2. The van der Waals surface area contributed by atoms with E-state index in [1.807, 2.05) is 26.0 Å². The van der Waals surface area contributed by atoms with Gasteiger partial charge in [-0.1, -0.05) is 41.4 Å². The van der Waals surface area contributed by atoms with Gasteiger partial charge in [0.25, 0.3) is 26.0 Å². The molecule has 40 heavy (non-hydrogen) atoms. The number of anilines is 3. The Morgan fingerprint density at radius 2 is 1.38 bits per heavy atom. The van der Waals surface area contributed by atoms with Gasteiger partial charge >= 0.3 is 0 Å². The molecule has 0 aliphatic heterocycles. The summed E-state index contributed by atoms with van der Waals surface area (Å²) in [6.45, 7) is 7.09. The number of hydrogen-bond donors (Lipinski definition) is 3. The van der Waals surface area contributed by atoms with Crippen LogP contribution in [-0.2, 0) is 20.0 Å². The summed E-state index contributed by atoms with van der Waals surface area (Å²) in [5, 5.41) is 3.12. The Morgan fingerprint density at radius 3 is 2.05 bits per heavy atom. The molecule has 0 saturated carbocycles. The third-order valence-electron chi connectivity index (χ3n) is 6.30. The lowest BCUT2D eigenvalue weighted by Crippen LogP contribution is -2.18. The van der Waals surface area contributed by atoms with Crippen LogP contribution in [0.2, 0.25) is 5.02 Å². The summed E-state index contributed by atoms with van der Waals surface area (Å²) in [6.07, 6.45) is 0. The van der Waals surface area contributed by atoms with E-state index in [4.69, 9.17) is 11.6 Å². The van der Waals surface area contributed by atoms with Crippen molar-refractivity contribution in [1.29, 1.82) is 0 Å². The van der Waals surface area contributed by atoms with Gasteiger partial charge in [-0.15, -0.1) is 0 Å². The minimum absolute atomic E-state index is 0.00827. The number of carbonyl (C=O) groups excluding carboxylic acids is 1. The molecule has 0 radical (unpaired) electrons. The topological polar surface area (TPSA) is 121 Å². The number of hydrogen-bond acceptors (Lipinski definition) is 5. The molecular weight excluding hydrogens is 570 g/mol. The summed E-state index contributed by atoms with van der Waals surface area (Å²) in [5.41, 5.74) is 4.14. The zero-order chi connectivity index (χ0) is 29.2. The van der Waals surface area contributed by atoms with Gasteiger partial charge in [-0.25, -0.2) is 16.8 Å². The van der Waals surface area contributed by atoms with Crippen molar-refractivity contribution < 1.29 is 21.6 Å². The fraction of sp³-hybridized carbons (Fsp3) is 0.138. The number of rotatable bonds is 8. The van der Waals surface area contributed by atoms with E-state index in [1.54, 1.807) is 44.2 Å². The van der Waals surface area contributed by atoms with Crippen LogP contribution in [0.3, 0.4) is 0 Å². The molecule has 8 nitrogen and oxygen atoms in total. The molecule has 0 aliphatic rings. The minimum atomic E-state index is -3.97. The van der Waals surface area contributed by atoms with E-state index in [9.17, 15) is 21.6 Å². The van der Waals surface area contributed by atoms with Gasteiger partial charge < -0.3 is 5.32 Å². The Hall–Kier alpha value is -3.86. The first kappa shape index (κ1) is 29.1. The van der Waals surface area contributed by atoms with Gasteiger partial charge in [0.15, 0.2) is 0 Å². The second-order valence-corrected chi connectivity index (χ2v) is 13.1. The molecule has 0 spiro atoms. The summed E-state index contributed by atoms with van der Waals surface area (Å²) in [7, 11) is -7.88. The predicted octanol–water partition coefficient (Wildman–Crippen LogP) is 6.43. The summed E-state index contributed by atoms with van der Waals surface area (Å²) < 4.78 is 57.2. The lowest BCUT2D eigenvalue weighted by Gasteiger charge is -2.14. The third-order valence-corrected chi connectivity index (χ3v) is 9.60. The van der Waals surface area contributed by atoms with Crippen molar-refractivity contribution in [2.24, 2.45) is 0 Å². The third kappa shape index (κ3) is 6.47. The number of halogens is 1. The first-order valence-corrected chi connectivity index (χ1v) is 15.5. The Balaban J connectivity index is 1.51. The van der Waals surface area contributed by atoms with E-state index in [2.05, 4.69) is 14.8 Å². The summed E-state index contributed by atoms with van der Waals surface area (Å²) in [6, 6.07) is 20.3. The van der Waals surface area contributed by atoms with Crippen LogP contribution in [0.25, 0.3) is 0 Å². The molecule has 4 rings (SSSR count). The molecule has 1 amide bonds. The molecule has 0 bridgehead atoms. The molecule has 0 aliphatic carbocycles. The molecule has 4 aromatic carbocycles. The molecule has 0 heterocycles. The van der Waals surface area contributed by atoms with Crippen LogP contribution in [-0.4, -0.2) is 22.7 Å². The average molecular weight is 598 g/mol. The number of nitrogens with one attached hydrogen (secondary N) is 3. The minimum Gasteiger partial charge on any atom is -0.322 e. The highest BCUT2D eigenvalue weighted by atomic mass is 35.5.